The maximum atomic E-state index is 13.0. The molecule has 184 valence electrons. The first kappa shape index (κ1) is 25.4. The molecule has 1 aliphatic heterocycles. The highest BCUT2D eigenvalue weighted by atomic mass is 16.5. The molecule has 2 aromatic carbocycles. The molecule has 2 amide bonds. The average molecular weight is 468 g/mol. The number of carbonyl (C=O) groups is 2. The first-order valence-electron chi connectivity index (χ1n) is 12.1. The Morgan fingerprint density at radius 2 is 1.76 bits per heavy atom. The van der Waals surface area contributed by atoms with E-state index in [4.69, 9.17) is 9.47 Å². The van der Waals surface area contributed by atoms with Crippen molar-refractivity contribution in [3.05, 3.63) is 53.6 Å². The Balaban J connectivity index is 1.56. The number of piperidine rings is 1. The summed E-state index contributed by atoms with van der Waals surface area (Å²) in [6.45, 7) is 6.13. The third-order valence-electron chi connectivity index (χ3n) is 6.54. The zero-order valence-corrected chi connectivity index (χ0v) is 20.7. The van der Waals surface area contributed by atoms with Crippen molar-refractivity contribution >= 4 is 17.5 Å². The van der Waals surface area contributed by atoms with Crippen molar-refractivity contribution in [2.24, 2.45) is 5.92 Å². The van der Waals surface area contributed by atoms with Crippen LogP contribution in [0.15, 0.2) is 42.5 Å². The first-order chi connectivity index (χ1) is 16.5. The van der Waals surface area contributed by atoms with Crippen LogP contribution in [0.25, 0.3) is 0 Å². The fourth-order valence-electron chi connectivity index (χ4n) is 4.19. The molecular formula is C27H37N3O4. The lowest BCUT2D eigenvalue weighted by atomic mass is 10.0. The van der Waals surface area contributed by atoms with Gasteiger partial charge in [0.05, 0.1) is 19.8 Å². The highest BCUT2D eigenvalue weighted by Gasteiger charge is 2.24. The Kier molecular flexibility index (Phi) is 9.19. The molecule has 1 saturated heterocycles. The standard InChI is InChI=1S/C27H37N3O4/c1-5-19(2)26(31)29-21-13-16-30(17-14-21)23-9-7-6-8-22(23)27(32)28-15-12-20-10-11-24(33-3)25(18-20)34-4/h6-11,18-19,21H,5,12-17H2,1-4H3,(H,28,32)(H,29,31)/t19-/m1/s1. The number of hydrogen-bond acceptors (Lipinski definition) is 5. The molecule has 2 N–H and O–H groups in total. The largest absolute Gasteiger partial charge is 0.493 e. The minimum Gasteiger partial charge on any atom is -0.493 e. The number of amides is 2. The van der Waals surface area contributed by atoms with Gasteiger partial charge in [0.1, 0.15) is 0 Å². The molecule has 1 fully saturated rings. The Labute approximate surface area is 202 Å². The number of nitrogens with zero attached hydrogens (tertiary/aromatic N) is 1. The zero-order chi connectivity index (χ0) is 24.5. The third-order valence-corrected chi connectivity index (χ3v) is 6.54. The molecule has 1 aliphatic rings. The van der Waals surface area contributed by atoms with Gasteiger partial charge in [-0.05, 0) is 55.5 Å². The van der Waals surface area contributed by atoms with Gasteiger partial charge in [-0.25, -0.2) is 0 Å². The molecule has 34 heavy (non-hydrogen) atoms. The van der Waals surface area contributed by atoms with E-state index in [0.29, 0.717) is 30.0 Å². The van der Waals surface area contributed by atoms with E-state index < -0.39 is 0 Å². The summed E-state index contributed by atoms with van der Waals surface area (Å²) in [7, 11) is 3.23. The molecule has 7 nitrogen and oxygen atoms in total. The van der Waals surface area contributed by atoms with Crippen LogP contribution in [0.3, 0.4) is 0 Å². The lowest BCUT2D eigenvalue weighted by molar-refractivity contribution is -0.125. The summed E-state index contributed by atoms with van der Waals surface area (Å²) >= 11 is 0. The van der Waals surface area contributed by atoms with Gasteiger partial charge >= 0.3 is 0 Å². The van der Waals surface area contributed by atoms with Gasteiger partial charge in [-0.15, -0.1) is 0 Å². The monoisotopic (exact) mass is 467 g/mol. The van der Waals surface area contributed by atoms with E-state index in [-0.39, 0.29) is 23.8 Å². The quantitative estimate of drug-likeness (QED) is 0.556. The van der Waals surface area contributed by atoms with E-state index in [0.717, 1.165) is 43.6 Å². The van der Waals surface area contributed by atoms with Crippen LogP contribution >= 0.6 is 0 Å². The maximum absolute atomic E-state index is 13.0. The molecule has 2 aromatic rings. The van der Waals surface area contributed by atoms with Crippen LogP contribution in [0.4, 0.5) is 5.69 Å². The molecule has 7 heteroatoms. The van der Waals surface area contributed by atoms with Gasteiger partial charge in [0.15, 0.2) is 11.5 Å². The summed E-state index contributed by atoms with van der Waals surface area (Å²) in [6, 6.07) is 13.7. The number of para-hydroxylation sites is 1. The van der Waals surface area contributed by atoms with Crippen LogP contribution in [-0.2, 0) is 11.2 Å². The van der Waals surface area contributed by atoms with Crippen LogP contribution in [0.2, 0.25) is 0 Å². The lowest BCUT2D eigenvalue weighted by Gasteiger charge is -2.35. The van der Waals surface area contributed by atoms with Crippen molar-refractivity contribution in [1.82, 2.24) is 10.6 Å². The van der Waals surface area contributed by atoms with Crippen molar-refractivity contribution in [1.29, 1.82) is 0 Å². The molecule has 3 rings (SSSR count). The zero-order valence-electron chi connectivity index (χ0n) is 20.7. The Morgan fingerprint density at radius 3 is 2.44 bits per heavy atom. The number of rotatable bonds is 10. The SMILES string of the molecule is CC[C@@H](C)C(=O)NC1CCN(c2ccccc2C(=O)NCCc2ccc(OC)c(OC)c2)CC1. The highest BCUT2D eigenvalue weighted by Crippen LogP contribution is 2.28. The number of anilines is 1. The molecule has 1 atom stereocenters. The summed E-state index contributed by atoms with van der Waals surface area (Å²) in [5.74, 6) is 1.47. The smallest absolute Gasteiger partial charge is 0.253 e. The summed E-state index contributed by atoms with van der Waals surface area (Å²) in [4.78, 5) is 27.5. The van der Waals surface area contributed by atoms with E-state index in [1.165, 1.54) is 0 Å². The average Bonchev–Trinajstić information content (AvgIpc) is 2.88. The molecular weight excluding hydrogens is 430 g/mol. The number of benzene rings is 2. The van der Waals surface area contributed by atoms with E-state index in [9.17, 15) is 9.59 Å². The molecule has 0 saturated carbocycles. The summed E-state index contributed by atoms with van der Waals surface area (Å²) in [6.07, 6.45) is 3.28. The minimum atomic E-state index is -0.0803. The van der Waals surface area contributed by atoms with Gasteiger partial charge in [0.25, 0.3) is 5.91 Å². The summed E-state index contributed by atoms with van der Waals surface area (Å²) < 4.78 is 10.6. The van der Waals surface area contributed by atoms with Crippen LogP contribution < -0.4 is 25.0 Å². The second-order valence-electron chi connectivity index (χ2n) is 8.79. The second kappa shape index (κ2) is 12.3. The molecule has 0 radical (unpaired) electrons. The maximum Gasteiger partial charge on any atom is 0.253 e. The van der Waals surface area contributed by atoms with Gasteiger partial charge in [0.2, 0.25) is 5.91 Å². The number of carbonyl (C=O) groups excluding carboxylic acids is 2. The normalized spacial score (nSPS) is 14.9. The molecule has 0 spiro atoms. The van der Waals surface area contributed by atoms with Crippen LogP contribution in [0.5, 0.6) is 11.5 Å². The first-order valence-corrected chi connectivity index (χ1v) is 12.1. The van der Waals surface area contributed by atoms with Crippen LogP contribution in [0, 0.1) is 5.92 Å². The van der Waals surface area contributed by atoms with Crippen molar-refractivity contribution in [3.8, 4) is 11.5 Å². The Morgan fingerprint density at radius 1 is 1.06 bits per heavy atom. The van der Waals surface area contributed by atoms with Crippen molar-refractivity contribution in [2.45, 2.75) is 45.6 Å². The van der Waals surface area contributed by atoms with E-state index in [2.05, 4.69) is 15.5 Å². The summed E-state index contributed by atoms with van der Waals surface area (Å²) in [5, 5.41) is 6.23. The van der Waals surface area contributed by atoms with Crippen molar-refractivity contribution < 1.29 is 19.1 Å². The van der Waals surface area contributed by atoms with E-state index >= 15 is 0 Å². The van der Waals surface area contributed by atoms with Gasteiger partial charge in [-0.2, -0.15) is 0 Å². The number of nitrogens with one attached hydrogen (secondary N) is 2. The Bertz CT molecular complexity index is 970. The van der Waals surface area contributed by atoms with E-state index in [1.54, 1.807) is 14.2 Å². The van der Waals surface area contributed by atoms with Crippen molar-refractivity contribution in [3.63, 3.8) is 0 Å². The number of hydrogen-bond donors (Lipinski definition) is 2. The van der Waals surface area contributed by atoms with Crippen LogP contribution in [0.1, 0.15) is 49.0 Å². The number of ether oxygens (including phenoxy) is 2. The predicted octanol–water partition coefficient (Wildman–Crippen LogP) is 3.81. The number of methoxy groups -OCH3 is 2. The second-order valence-corrected chi connectivity index (χ2v) is 8.79. The molecule has 0 aromatic heterocycles. The highest BCUT2D eigenvalue weighted by molar-refractivity contribution is 5.99. The minimum absolute atomic E-state index is 0.0430. The lowest BCUT2D eigenvalue weighted by Crippen LogP contribution is -2.46. The third kappa shape index (κ3) is 6.43. The van der Waals surface area contributed by atoms with Crippen molar-refractivity contribution in [2.75, 3.05) is 38.8 Å². The predicted molar refractivity (Wildman–Crippen MR) is 135 cm³/mol. The van der Waals surface area contributed by atoms with E-state index in [1.807, 2.05) is 56.3 Å². The summed E-state index contributed by atoms with van der Waals surface area (Å²) in [5.41, 5.74) is 2.68. The van der Waals surface area contributed by atoms with Gasteiger partial charge < -0.3 is 25.0 Å². The fourth-order valence-corrected chi connectivity index (χ4v) is 4.19. The van der Waals surface area contributed by atoms with Crippen LogP contribution in [-0.4, -0.2) is 51.7 Å². The molecule has 1 heterocycles. The molecule has 0 aliphatic carbocycles. The topological polar surface area (TPSA) is 79.9 Å². The van der Waals surface area contributed by atoms with Gasteiger partial charge in [-0.1, -0.05) is 32.0 Å². The van der Waals surface area contributed by atoms with Gasteiger partial charge in [-0.3, -0.25) is 9.59 Å². The molecule has 0 unspecified atom stereocenters. The molecule has 0 bridgehead atoms. The fraction of sp³-hybridized carbons (Fsp3) is 0.481. The Hall–Kier alpha value is -3.22. The van der Waals surface area contributed by atoms with Gasteiger partial charge in [0, 0.05) is 37.3 Å².